The van der Waals surface area contributed by atoms with Crippen LogP contribution in [0.25, 0.3) is 0 Å². The highest BCUT2D eigenvalue weighted by Crippen LogP contribution is 2.30. The van der Waals surface area contributed by atoms with Crippen LogP contribution < -0.4 is 5.73 Å². The molecule has 0 radical (unpaired) electrons. The minimum atomic E-state index is -0.324. The van der Waals surface area contributed by atoms with Gasteiger partial charge in [-0.2, -0.15) is 0 Å². The Morgan fingerprint density at radius 2 is 2.05 bits per heavy atom. The number of primary amides is 1. The second-order valence-electron chi connectivity index (χ2n) is 5.71. The minimum absolute atomic E-state index is 0.269. The van der Waals surface area contributed by atoms with Gasteiger partial charge in [-0.15, -0.1) is 0 Å². The number of fused-ring (bicyclic) bond motifs is 1. The number of hydrogen-bond acceptors (Lipinski definition) is 2. The third kappa shape index (κ3) is 2.83. The number of rotatable bonds is 3. The zero-order valence-electron chi connectivity index (χ0n) is 12.3. The molecule has 2 aromatic carbocycles. The van der Waals surface area contributed by atoms with Crippen molar-refractivity contribution in [3.63, 3.8) is 0 Å². The largest absolute Gasteiger partial charge is 0.368 e. The maximum Gasteiger partial charge on any atom is 0.239 e. The third-order valence-corrected chi connectivity index (χ3v) is 4.12. The number of hydrogen-bond donors (Lipinski definition) is 1. The van der Waals surface area contributed by atoms with Crippen molar-refractivity contribution in [1.82, 2.24) is 4.90 Å². The van der Waals surface area contributed by atoms with Gasteiger partial charge < -0.3 is 5.73 Å². The van der Waals surface area contributed by atoms with Crippen LogP contribution in [-0.2, 0) is 17.8 Å². The van der Waals surface area contributed by atoms with Crippen molar-refractivity contribution in [3.8, 4) is 0 Å². The van der Waals surface area contributed by atoms with E-state index < -0.39 is 0 Å². The van der Waals surface area contributed by atoms with Crippen LogP contribution in [0.3, 0.4) is 0 Å². The number of carbonyl (C=O) groups is 1. The molecule has 1 aliphatic heterocycles. The Hall–Kier alpha value is -2.13. The standard InChI is InChI=1S/C18H20N2O/c1-13-5-4-6-14(11-13)12-20-10-9-15-7-2-3-8-16(15)17(20)18(19)21/h2-8,11,17H,9-10,12H2,1H3,(H2,19,21). The zero-order valence-corrected chi connectivity index (χ0v) is 12.3. The van der Waals surface area contributed by atoms with Crippen molar-refractivity contribution >= 4 is 5.91 Å². The van der Waals surface area contributed by atoms with E-state index in [-0.39, 0.29) is 11.9 Å². The molecule has 2 aromatic rings. The summed E-state index contributed by atoms with van der Waals surface area (Å²) in [6.45, 7) is 3.70. The molecule has 3 rings (SSSR count). The van der Waals surface area contributed by atoms with Crippen LogP contribution in [0.1, 0.15) is 28.3 Å². The van der Waals surface area contributed by atoms with E-state index in [0.29, 0.717) is 0 Å². The molecule has 21 heavy (non-hydrogen) atoms. The maximum absolute atomic E-state index is 12.0. The number of nitrogens with two attached hydrogens (primary N) is 1. The summed E-state index contributed by atoms with van der Waals surface area (Å²) in [6, 6.07) is 16.2. The summed E-state index contributed by atoms with van der Waals surface area (Å²) in [5.74, 6) is -0.269. The van der Waals surface area contributed by atoms with Crippen molar-refractivity contribution in [2.45, 2.75) is 25.9 Å². The molecule has 0 saturated heterocycles. The lowest BCUT2D eigenvalue weighted by Crippen LogP contribution is -2.42. The van der Waals surface area contributed by atoms with Crippen LogP contribution in [0, 0.1) is 6.92 Å². The first kappa shape index (κ1) is 13.8. The third-order valence-electron chi connectivity index (χ3n) is 4.12. The average Bonchev–Trinajstić information content (AvgIpc) is 2.46. The van der Waals surface area contributed by atoms with Gasteiger partial charge in [-0.3, -0.25) is 9.69 Å². The molecular formula is C18H20N2O. The van der Waals surface area contributed by atoms with Crippen LogP contribution in [0.15, 0.2) is 48.5 Å². The summed E-state index contributed by atoms with van der Waals surface area (Å²) in [4.78, 5) is 14.1. The van der Waals surface area contributed by atoms with Crippen molar-refractivity contribution < 1.29 is 4.79 Å². The van der Waals surface area contributed by atoms with Gasteiger partial charge in [0.2, 0.25) is 5.91 Å². The average molecular weight is 280 g/mol. The summed E-state index contributed by atoms with van der Waals surface area (Å²) < 4.78 is 0. The molecule has 108 valence electrons. The Kier molecular flexibility index (Phi) is 3.76. The SMILES string of the molecule is Cc1cccc(CN2CCc3ccccc3C2C(N)=O)c1. The van der Waals surface area contributed by atoms with Crippen molar-refractivity contribution in [3.05, 3.63) is 70.8 Å². The van der Waals surface area contributed by atoms with E-state index in [1.807, 2.05) is 18.2 Å². The number of nitrogens with zero attached hydrogens (tertiary/aromatic N) is 1. The first-order chi connectivity index (χ1) is 10.1. The van der Waals surface area contributed by atoms with E-state index in [9.17, 15) is 4.79 Å². The fourth-order valence-corrected chi connectivity index (χ4v) is 3.17. The first-order valence-electron chi connectivity index (χ1n) is 7.32. The number of carbonyl (C=O) groups excluding carboxylic acids is 1. The second kappa shape index (κ2) is 5.70. The van der Waals surface area contributed by atoms with E-state index in [1.54, 1.807) is 0 Å². The van der Waals surface area contributed by atoms with Crippen molar-refractivity contribution in [2.24, 2.45) is 5.73 Å². The van der Waals surface area contributed by atoms with Crippen LogP contribution >= 0.6 is 0 Å². The topological polar surface area (TPSA) is 46.3 Å². The predicted octanol–water partition coefficient (Wildman–Crippen LogP) is 2.58. The van der Waals surface area contributed by atoms with E-state index in [1.165, 1.54) is 16.7 Å². The highest BCUT2D eigenvalue weighted by molar-refractivity contribution is 5.82. The zero-order chi connectivity index (χ0) is 14.8. The van der Waals surface area contributed by atoms with E-state index in [4.69, 9.17) is 5.73 Å². The van der Waals surface area contributed by atoms with E-state index >= 15 is 0 Å². The molecule has 0 spiro atoms. The summed E-state index contributed by atoms with van der Waals surface area (Å²) in [6.07, 6.45) is 0.964. The molecule has 1 unspecified atom stereocenters. The van der Waals surface area contributed by atoms with Crippen LogP contribution in [0.2, 0.25) is 0 Å². The Balaban J connectivity index is 1.91. The molecular weight excluding hydrogens is 260 g/mol. The Morgan fingerprint density at radius 3 is 2.81 bits per heavy atom. The molecule has 0 saturated carbocycles. The normalized spacial score (nSPS) is 18.2. The smallest absolute Gasteiger partial charge is 0.239 e. The first-order valence-corrected chi connectivity index (χ1v) is 7.32. The fourth-order valence-electron chi connectivity index (χ4n) is 3.17. The fraction of sp³-hybridized carbons (Fsp3) is 0.278. The molecule has 0 fully saturated rings. The monoisotopic (exact) mass is 280 g/mol. The van der Waals surface area contributed by atoms with Crippen molar-refractivity contribution in [1.29, 1.82) is 0 Å². The lowest BCUT2D eigenvalue weighted by molar-refractivity contribution is -0.124. The predicted molar refractivity (Wildman–Crippen MR) is 83.7 cm³/mol. The van der Waals surface area contributed by atoms with Gasteiger partial charge in [0.05, 0.1) is 0 Å². The van der Waals surface area contributed by atoms with Gasteiger partial charge in [-0.25, -0.2) is 0 Å². The highest BCUT2D eigenvalue weighted by atomic mass is 16.1. The molecule has 0 aromatic heterocycles. The summed E-state index contributed by atoms with van der Waals surface area (Å²) >= 11 is 0. The van der Waals surface area contributed by atoms with Gasteiger partial charge in [-0.1, -0.05) is 54.1 Å². The van der Waals surface area contributed by atoms with Crippen LogP contribution in [0.5, 0.6) is 0 Å². The van der Waals surface area contributed by atoms with Gasteiger partial charge in [0, 0.05) is 13.1 Å². The summed E-state index contributed by atoms with van der Waals surface area (Å²) in [5, 5.41) is 0. The minimum Gasteiger partial charge on any atom is -0.368 e. The quantitative estimate of drug-likeness (QED) is 0.939. The molecule has 1 aliphatic rings. The van der Waals surface area contributed by atoms with E-state index in [0.717, 1.165) is 25.1 Å². The molecule has 3 heteroatoms. The molecule has 1 atom stereocenters. The van der Waals surface area contributed by atoms with Crippen molar-refractivity contribution in [2.75, 3.05) is 6.54 Å². The van der Waals surface area contributed by atoms with Gasteiger partial charge in [-0.05, 0) is 30.0 Å². The second-order valence-corrected chi connectivity index (χ2v) is 5.71. The summed E-state index contributed by atoms with van der Waals surface area (Å²) in [7, 11) is 0. The molecule has 0 bridgehead atoms. The Labute approximate surface area is 125 Å². The lowest BCUT2D eigenvalue weighted by atomic mass is 9.91. The Morgan fingerprint density at radius 1 is 1.24 bits per heavy atom. The van der Waals surface area contributed by atoms with Gasteiger partial charge in [0.1, 0.15) is 6.04 Å². The maximum atomic E-state index is 12.0. The van der Waals surface area contributed by atoms with Gasteiger partial charge >= 0.3 is 0 Å². The number of aryl methyl sites for hydroxylation is 1. The number of benzene rings is 2. The van der Waals surface area contributed by atoms with E-state index in [2.05, 4.69) is 42.2 Å². The molecule has 0 aliphatic carbocycles. The molecule has 2 N–H and O–H groups in total. The van der Waals surface area contributed by atoms with Crippen LogP contribution in [0.4, 0.5) is 0 Å². The lowest BCUT2D eigenvalue weighted by Gasteiger charge is -2.35. The Bertz CT molecular complexity index is 666. The highest BCUT2D eigenvalue weighted by Gasteiger charge is 2.31. The molecule has 1 heterocycles. The van der Waals surface area contributed by atoms with Crippen LogP contribution in [-0.4, -0.2) is 17.4 Å². The van der Waals surface area contributed by atoms with Gasteiger partial charge in [0.15, 0.2) is 0 Å². The summed E-state index contributed by atoms with van der Waals surface area (Å²) in [5.41, 5.74) is 10.4. The number of amides is 1. The molecule has 1 amide bonds. The molecule has 3 nitrogen and oxygen atoms in total. The van der Waals surface area contributed by atoms with Gasteiger partial charge in [0.25, 0.3) is 0 Å².